The lowest BCUT2D eigenvalue weighted by atomic mass is 10.3. The van der Waals surface area contributed by atoms with Crippen molar-refractivity contribution in [2.45, 2.75) is 25.3 Å². The highest BCUT2D eigenvalue weighted by Crippen LogP contribution is 2.24. The lowest BCUT2D eigenvalue weighted by Gasteiger charge is -2.16. The normalized spacial score (nSPS) is 10.6. The Morgan fingerprint density at radius 3 is 2.80 bits per heavy atom. The van der Waals surface area contributed by atoms with Gasteiger partial charge in [0, 0.05) is 34.7 Å². The van der Waals surface area contributed by atoms with Crippen molar-refractivity contribution in [2.75, 3.05) is 29.6 Å². The maximum atomic E-state index is 4.50. The number of rotatable bonds is 7. The molecule has 2 aromatic rings. The Labute approximate surface area is 129 Å². The molecule has 5 heteroatoms. The highest BCUT2D eigenvalue weighted by molar-refractivity contribution is 7.98. The number of aromatic nitrogens is 1. The molecule has 0 atom stereocenters. The standard InChI is InChI=1S/C15H21N3S2/c1-4-18(5-2)15-17-11-14(20-15)10-16-12-7-6-8-13(9-12)19-3/h6-9,11,16H,4-5,10H2,1-3H3. The third-order valence-corrected chi connectivity index (χ3v) is 4.90. The zero-order valence-corrected chi connectivity index (χ0v) is 13.9. The van der Waals surface area contributed by atoms with Gasteiger partial charge in [-0.1, -0.05) is 6.07 Å². The van der Waals surface area contributed by atoms with E-state index >= 15 is 0 Å². The van der Waals surface area contributed by atoms with Gasteiger partial charge in [0.1, 0.15) is 0 Å². The molecular formula is C15H21N3S2. The van der Waals surface area contributed by atoms with Gasteiger partial charge < -0.3 is 10.2 Å². The van der Waals surface area contributed by atoms with E-state index < -0.39 is 0 Å². The van der Waals surface area contributed by atoms with Crippen LogP contribution in [0.2, 0.25) is 0 Å². The van der Waals surface area contributed by atoms with Crippen LogP contribution < -0.4 is 10.2 Å². The van der Waals surface area contributed by atoms with Gasteiger partial charge in [-0.25, -0.2) is 4.98 Å². The molecule has 1 aromatic heterocycles. The summed E-state index contributed by atoms with van der Waals surface area (Å²) >= 11 is 3.53. The molecule has 0 aliphatic heterocycles. The number of thiazole rings is 1. The maximum Gasteiger partial charge on any atom is 0.185 e. The van der Waals surface area contributed by atoms with Crippen LogP contribution >= 0.6 is 23.1 Å². The topological polar surface area (TPSA) is 28.2 Å². The number of benzene rings is 1. The molecule has 2 rings (SSSR count). The molecule has 0 saturated carbocycles. The van der Waals surface area contributed by atoms with Crippen molar-refractivity contribution in [1.82, 2.24) is 4.98 Å². The Kier molecular flexibility index (Phi) is 5.73. The predicted octanol–water partition coefficient (Wildman–Crippen LogP) is 4.32. The van der Waals surface area contributed by atoms with E-state index in [1.807, 2.05) is 6.20 Å². The van der Waals surface area contributed by atoms with Gasteiger partial charge in [-0.05, 0) is 38.3 Å². The first kappa shape index (κ1) is 15.2. The minimum atomic E-state index is 0.830. The lowest BCUT2D eigenvalue weighted by Crippen LogP contribution is -2.21. The molecule has 0 saturated heterocycles. The Hall–Kier alpha value is -1.20. The third-order valence-electron chi connectivity index (χ3n) is 3.11. The zero-order valence-electron chi connectivity index (χ0n) is 12.2. The highest BCUT2D eigenvalue weighted by atomic mass is 32.2. The fourth-order valence-corrected chi connectivity index (χ4v) is 3.38. The number of anilines is 2. The van der Waals surface area contributed by atoms with E-state index in [0.717, 1.165) is 30.5 Å². The van der Waals surface area contributed by atoms with Gasteiger partial charge in [-0.2, -0.15) is 0 Å². The average Bonchev–Trinajstić information content (AvgIpc) is 2.95. The lowest BCUT2D eigenvalue weighted by molar-refractivity contribution is 0.860. The summed E-state index contributed by atoms with van der Waals surface area (Å²) in [7, 11) is 0. The van der Waals surface area contributed by atoms with Gasteiger partial charge in [-0.15, -0.1) is 23.1 Å². The second-order valence-corrected chi connectivity index (χ2v) is 6.34. The predicted molar refractivity (Wildman–Crippen MR) is 91.2 cm³/mol. The SMILES string of the molecule is CCN(CC)c1ncc(CNc2cccc(SC)c2)s1. The molecule has 0 aliphatic carbocycles. The maximum absolute atomic E-state index is 4.50. The van der Waals surface area contributed by atoms with Crippen LogP contribution in [0.5, 0.6) is 0 Å². The van der Waals surface area contributed by atoms with E-state index in [-0.39, 0.29) is 0 Å². The van der Waals surface area contributed by atoms with Crippen LogP contribution in [0.25, 0.3) is 0 Å². The molecule has 0 bridgehead atoms. The number of thioether (sulfide) groups is 1. The number of hydrogen-bond acceptors (Lipinski definition) is 5. The molecule has 1 N–H and O–H groups in total. The minimum absolute atomic E-state index is 0.830. The summed E-state index contributed by atoms with van der Waals surface area (Å²) in [5, 5.41) is 4.58. The molecule has 0 spiro atoms. The number of nitrogens with zero attached hydrogens (tertiary/aromatic N) is 2. The van der Waals surface area contributed by atoms with Crippen LogP contribution in [0.1, 0.15) is 18.7 Å². The van der Waals surface area contributed by atoms with Gasteiger partial charge >= 0.3 is 0 Å². The second kappa shape index (κ2) is 7.55. The van der Waals surface area contributed by atoms with Crippen LogP contribution in [0.3, 0.4) is 0 Å². The van der Waals surface area contributed by atoms with E-state index in [1.165, 1.54) is 9.77 Å². The zero-order chi connectivity index (χ0) is 14.4. The Morgan fingerprint density at radius 1 is 1.30 bits per heavy atom. The van der Waals surface area contributed by atoms with E-state index in [1.54, 1.807) is 23.1 Å². The van der Waals surface area contributed by atoms with E-state index in [9.17, 15) is 0 Å². The summed E-state index contributed by atoms with van der Waals surface area (Å²) in [5.74, 6) is 0. The first-order chi connectivity index (χ1) is 9.76. The molecule has 0 fully saturated rings. The fraction of sp³-hybridized carbons (Fsp3) is 0.400. The Balaban J connectivity index is 1.97. The molecule has 108 valence electrons. The van der Waals surface area contributed by atoms with Crippen molar-refractivity contribution in [3.05, 3.63) is 35.3 Å². The minimum Gasteiger partial charge on any atom is -0.380 e. The largest absolute Gasteiger partial charge is 0.380 e. The summed E-state index contributed by atoms with van der Waals surface area (Å²) < 4.78 is 0. The van der Waals surface area contributed by atoms with E-state index in [2.05, 4.69) is 59.6 Å². The van der Waals surface area contributed by atoms with Crippen LogP contribution in [0.15, 0.2) is 35.4 Å². The van der Waals surface area contributed by atoms with Gasteiger partial charge in [0.15, 0.2) is 5.13 Å². The number of hydrogen-bond donors (Lipinski definition) is 1. The summed E-state index contributed by atoms with van der Waals surface area (Å²) in [6.45, 7) is 7.17. The Bertz CT molecular complexity index is 535. The fourth-order valence-electron chi connectivity index (χ4n) is 1.94. The van der Waals surface area contributed by atoms with Crippen molar-refractivity contribution >= 4 is 33.9 Å². The van der Waals surface area contributed by atoms with Crippen molar-refractivity contribution in [1.29, 1.82) is 0 Å². The molecule has 20 heavy (non-hydrogen) atoms. The summed E-state index contributed by atoms with van der Waals surface area (Å²) in [4.78, 5) is 9.33. The third kappa shape index (κ3) is 3.90. The van der Waals surface area contributed by atoms with Crippen LogP contribution in [-0.4, -0.2) is 24.3 Å². The smallest absolute Gasteiger partial charge is 0.185 e. The molecule has 0 radical (unpaired) electrons. The van der Waals surface area contributed by atoms with E-state index in [4.69, 9.17) is 0 Å². The molecule has 1 aromatic carbocycles. The monoisotopic (exact) mass is 307 g/mol. The van der Waals surface area contributed by atoms with Gasteiger partial charge in [-0.3, -0.25) is 0 Å². The van der Waals surface area contributed by atoms with Crippen molar-refractivity contribution < 1.29 is 0 Å². The molecule has 0 aliphatic rings. The Morgan fingerprint density at radius 2 is 2.10 bits per heavy atom. The molecule has 0 amide bonds. The van der Waals surface area contributed by atoms with Crippen molar-refractivity contribution in [2.24, 2.45) is 0 Å². The molecule has 3 nitrogen and oxygen atoms in total. The van der Waals surface area contributed by atoms with Crippen molar-refractivity contribution in [3.63, 3.8) is 0 Å². The first-order valence-electron chi connectivity index (χ1n) is 6.84. The van der Waals surface area contributed by atoms with Crippen LogP contribution in [0, 0.1) is 0 Å². The van der Waals surface area contributed by atoms with Crippen molar-refractivity contribution in [3.8, 4) is 0 Å². The summed E-state index contributed by atoms with van der Waals surface area (Å²) in [6, 6.07) is 8.49. The van der Waals surface area contributed by atoms with Crippen LogP contribution in [-0.2, 0) is 6.54 Å². The highest BCUT2D eigenvalue weighted by Gasteiger charge is 2.07. The molecule has 1 heterocycles. The average molecular weight is 307 g/mol. The van der Waals surface area contributed by atoms with Crippen LogP contribution in [0.4, 0.5) is 10.8 Å². The van der Waals surface area contributed by atoms with Gasteiger partial charge in [0.2, 0.25) is 0 Å². The molecular weight excluding hydrogens is 286 g/mol. The van der Waals surface area contributed by atoms with Gasteiger partial charge in [0.05, 0.1) is 6.54 Å². The quantitative estimate of drug-likeness (QED) is 0.771. The number of nitrogens with one attached hydrogen (secondary N) is 1. The molecule has 0 unspecified atom stereocenters. The second-order valence-electron chi connectivity index (χ2n) is 4.37. The summed E-state index contributed by atoms with van der Waals surface area (Å²) in [5.41, 5.74) is 1.16. The first-order valence-corrected chi connectivity index (χ1v) is 8.88. The van der Waals surface area contributed by atoms with Gasteiger partial charge in [0.25, 0.3) is 0 Å². The van der Waals surface area contributed by atoms with E-state index in [0.29, 0.717) is 0 Å². The summed E-state index contributed by atoms with van der Waals surface area (Å²) in [6.07, 6.45) is 4.07.